The number of aromatic nitrogens is 4. The molecule has 8 heteroatoms. The number of anilines is 2. The van der Waals surface area contributed by atoms with Gasteiger partial charge in [-0.25, -0.2) is 19.3 Å². The molecule has 0 bridgehead atoms. The van der Waals surface area contributed by atoms with E-state index in [1.54, 1.807) is 12.4 Å². The lowest BCUT2D eigenvalue weighted by atomic mass is 10.2. The average Bonchev–Trinajstić information content (AvgIpc) is 3.22. The summed E-state index contributed by atoms with van der Waals surface area (Å²) in [6, 6.07) is 4.50. The van der Waals surface area contributed by atoms with Gasteiger partial charge < -0.3 is 14.6 Å². The molecule has 3 aromatic rings. The summed E-state index contributed by atoms with van der Waals surface area (Å²) in [6.07, 6.45) is 5.51. The standard InChI is InChI=1S/C16H15ClFN5O/c17-12-4-3-10(6-13(12)18)22-15-14-16(20-8-19-15)23(9-21-14)7-11-2-1-5-24-11/h3-4,6,8-9,11H,1-2,5,7H2,(H,19,20,22). The lowest BCUT2D eigenvalue weighted by Gasteiger charge is -2.10. The van der Waals surface area contributed by atoms with E-state index in [0.717, 1.165) is 25.1 Å². The Labute approximate surface area is 142 Å². The van der Waals surface area contributed by atoms with Crippen LogP contribution in [0, 0.1) is 5.82 Å². The Morgan fingerprint density at radius 2 is 2.25 bits per heavy atom. The molecule has 4 rings (SSSR count). The van der Waals surface area contributed by atoms with Crippen LogP contribution in [0.25, 0.3) is 11.2 Å². The quantitative estimate of drug-likeness (QED) is 0.782. The van der Waals surface area contributed by atoms with E-state index in [4.69, 9.17) is 16.3 Å². The second kappa shape index (κ2) is 6.33. The van der Waals surface area contributed by atoms with Crippen LogP contribution in [-0.2, 0) is 11.3 Å². The molecule has 124 valence electrons. The van der Waals surface area contributed by atoms with Gasteiger partial charge in [-0.2, -0.15) is 0 Å². The Hall–Kier alpha value is -2.25. The molecule has 1 aliphatic heterocycles. The predicted octanol–water partition coefficient (Wildman–Crippen LogP) is 3.54. The van der Waals surface area contributed by atoms with Crippen LogP contribution in [0.2, 0.25) is 5.02 Å². The van der Waals surface area contributed by atoms with Crippen molar-refractivity contribution in [3.8, 4) is 0 Å². The number of benzene rings is 1. The van der Waals surface area contributed by atoms with Crippen molar-refractivity contribution in [1.29, 1.82) is 0 Å². The first-order valence-corrected chi connectivity index (χ1v) is 8.08. The first-order chi connectivity index (χ1) is 11.7. The molecule has 3 heterocycles. The molecule has 1 aromatic carbocycles. The van der Waals surface area contributed by atoms with Crippen LogP contribution in [0.5, 0.6) is 0 Å². The Morgan fingerprint density at radius 3 is 3.04 bits per heavy atom. The van der Waals surface area contributed by atoms with Crippen molar-refractivity contribution < 1.29 is 9.13 Å². The van der Waals surface area contributed by atoms with Crippen LogP contribution in [0.3, 0.4) is 0 Å². The number of rotatable bonds is 4. The van der Waals surface area contributed by atoms with Crippen molar-refractivity contribution in [2.45, 2.75) is 25.5 Å². The van der Waals surface area contributed by atoms with Crippen LogP contribution in [0.4, 0.5) is 15.9 Å². The van der Waals surface area contributed by atoms with E-state index in [9.17, 15) is 4.39 Å². The highest BCUT2D eigenvalue weighted by atomic mass is 35.5. The third kappa shape index (κ3) is 2.92. The zero-order chi connectivity index (χ0) is 16.5. The molecule has 0 saturated carbocycles. The molecule has 6 nitrogen and oxygen atoms in total. The van der Waals surface area contributed by atoms with E-state index in [1.807, 2.05) is 4.57 Å². The van der Waals surface area contributed by atoms with Crippen LogP contribution in [-0.4, -0.2) is 32.2 Å². The van der Waals surface area contributed by atoms with Crippen molar-refractivity contribution >= 4 is 34.3 Å². The van der Waals surface area contributed by atoms with Crippen LogP contribution < -0.4 is 5.32 Å². The van der Waals surface area contributed by atoms with E-state index in [0.29, 0.717) is 23.6 Å². The molecule has 24 heavy (non-hydrogen) atoms. The van der Waals surface area contributed by atoms with Crippen molar-refractivity contribution in [3.05, 3.63) is 41.7 Å². The van der Waals surface area contributed by atoms with Crippen LogP contribution in [0.1, 0.15) is 12.8 Å². The summed E-state index contributed by atoms with van der Waals surface area (Å²) in [4.78, 5) is 12.9. The van der Waals surface area contributed by atoms with Gasteiger partial charge in [0.1, 0.15) is 12.1 Å². The van der Waals surface area contributed by atoms with Gasteiger partial charge >= 0.3 is 0 Å². The number of hydrogen-bond donors (Lipinski definition) is 1. The van der Waals surface area contributed by atoms with Crippen molar-refractivity contribution in [1.82, 2.24) is 19.5 Å². The summed E-state index contributed by atoms with van der Waals surface area (Å²) in [6.45, 7) is 1.52. The fourth-order valence-corrected chi connectivity index (χ4v) is 2.94. The predicted molar refractivity (Wildman–Crippen MR) is 89.0 cm³/mol. The molecule has 0 amide bonds. The maximum Gasteiger partial charge on any atom is 0.165 e. The number of halogens is 2. The normalized spacial score (nSPS) is 17.5. The van der Waals surface area contributed by atoms with E-state index in [2.05, 4.69) is 20.3 Å². The third-order valence-corrected chi connectivity index (χ3v) is 4.31. The summed E-state index contributed by atoms with van der Waals surface area (Å²) < 4.78 is 21.2. The molecule has 1 saturated heterocycles. The zero-order valence-electron chi connectivity index (χ0n) is 12.7. The second-order valence-corrected chi connectivity index (χ2v) is 6.09. The largest absolute Gasteiger partial charge is 0.376 e. The number of imidazole rings is 1. The number of hydrogen-bond acceptors (Lipinski definition) is 5. The highest BCUT2D eigenvalue weighted by molar-refractivity contribution is 6.30. The molecule has 1 fully saturated rings. The van der Waals surface area contributed by atoms with Crippen molar-refractivity contribution in [2.24, 2.45) is 0 Å². The smallest absolute Gasteiger partial charge is 0.165 e. The van der Waals surface area contributed by atoms with Crippen LogP contribution >= 0.6 is 11.6 Å². The van der Waals surface area contributed by atoms with Gasteiger partial charge in [-0.05, 0) is 31.0 Å². The number of nitrogens with one attached hydrogen (secondary N) is 1. The van der Waals surface area contributed by atoms with Gasteiger partial charge in [0.05, 0.1) is 24.0 Å². The third-order valence-electron chi connectivity index (χ3n) is 4.01. The molecule has 1 atom stereocenters. The fraction of sp³-hybridized carbons (Fsp3) is 0.312. The molecule has 2 aromatic heterocycles. The topological polar surface area (TPSA) is 64.9 Å². The Kier molecular flexibility index (Phi) is 4.03. The molecule has 1 N–H and O–H groups in total. The molecule has 0 spiro atoms. The average molecular weight is 348 g/mol. The fourth-order valence-electron chi connectivity index (χ4n) is 2.82. The van der Waals surface area contributed by atoms with Gasteiger partial charge in [0.2, 0.25) is 0 Å². The van der Waals surface area contributed by atoms with Gasteiger partial charge in [-0.1, -0.05) is 11.6 Å². The maximum atomic E-state index is 13.6. The van der Waals surface area contributed by atoms with Gasteiger partial charge in [-0.15, -0.1) is 0 Å². The minimum atomic E-state index is -0.490. The van der Waals surface area contributed by atoms with Crippen molar-refractivity contribution in [3.63, 3.8) is 0 Å². The first kappa shape index (κ1) is 15.3. The lowest BCUT2D eigenvalue weighted by molar-refractivity contribution is 0.0978. The highest BCUT2D eigenvalue weighted by Crippen LogP contribution is 2.25. The van der Waals surface area contributed by atoms with Gasteiger partial charge in [0.25, 0.3) is 0 Å². The monoisotopic (exact) mass is 347 g/mol. The van der Waals surface area contributed by atoms with Crippen molar-refractivity contribution in [2.75, 3.05) is 11.9 Å². The molecular weight excluding hydrogens is 333 g/mol. The summed E-state index contributed by atoms with van der Waals surface area (Å²) in [5, 5.41) is 3.14. The SMILES string of the molecule is Fc1cc(Nc2ncnc3c2ncn3CC2CCCO2)ccc1Cl. The molecule has 1 aliphatic rings. The second-order valence-electron chi connectivity index (χ2n) is 5.68. The Morgan fingerprint density at radius 1 is 1.33 bits per heavy atom. The number of nitrogens with zero attached hydrogens (tertiary/aromatic N) is 4. The minimum Gasteiger partial charge on any atom is -0.376 e. The highest BCUT2D eigenvalue weighted by Gasteiger charge is 2.18. The van der Waals surface area contributed by atoms with Gasteiger partial charge in [-0.3, -0.25) is 0 Å². The van der Waals surface area contributed by atoms with E-state index in [-0.39, 0.29) is 11.1 Å². The summed E-state index contributed by atoms with van der Waals surface area (Å²) in [7, 11) is 0. The lowest BCUT2D eigenvalue weighted by Crippen LogP contribution is -2.14. The Balaban J connectivity index is 1.63. The summed E-state index contributed by atoms with van der Waals surface area (Å²) >= 11 is 5.71. The number of fused-ring (bicyclic) bond motifs is 1. The Bertz CT molecular complexity index is 878. The molecule has 0 aliphatic carbocycles. The summed E-state index contributed by atoms with van der Waals surface area (Å²) in [5.41, 5.74) is 1.90. The number of ether oxygens (including phenoxy) is 1. The summed E-state index contributed by atoms with van der Waals surface area (Å²) in [5.74, 6) is 0.0312. The maximum absolute atomic E-state index is 13.6. The first-order valence-electron chi connectivity index (χ1n) is 7.70. The molecular formula is C16H15ClFN5O. The van der Waals surface area contributed by atoms with E-state index < -0.39 is 5.82 Å². The minimum absolute atomic E-state index is 0.0780. The van der Waals surface area contributed by atoms with Gasteiger partial charge in [0.15, 0.2) is 17.0 Å². The van der Waals surface area contributed by atoms with E-state index in [1.165, 1.54) is 18.5 Å². The van der Waals surface area contributed by atoms with Crippen LogP contribution in [0.15, 0.2) is 30.9 Å². The van der Waals surface area contributed by atoms with Gasteiger partial charge in [0, 0.05) is 12.3 Å². The molecule has 0 radical (unpaired) electrons. The molecule has 1 unspecified atom stereocenters. The van der Waals surface area contributed by atoms with E-state index >= 15 is 0 Å². The zero-order valence-corrected chi connectivity index (χ0v) is 13.5.